The summed E-state index contributed by atoms with van der Waals surface area (Å²) in [7, 11) is 0. The van der Waals surface area contributed by atoms with Crippen LogP contribution in [0, 0.1) is 6.92 Å². The summed E-state index contributed by atoms with van der Waals surface area (Å²) in [5.41, 5.74) is 2.68. The molecule has 0 spiro atoms. The van der Waals surface area contributed by atoms with Crippen LogP contribution >= 0.6 is 0 Å². The van der Waals surface area contributed by atoms with Crippen LogP contribution in [0.25, 0.3) is 39.4 Å². The lowest BCUT2D eigenvalue weighted by Crippen LogP contribution is -2.22. The first-order chi connectivity index (χ1) is 14.2. The van der Waals surface area contributed by atoms with Crippen molar-refractivity contribution >= 4 is 10.8 Å². The third kappa shape index (κ3) is 2.98. The van der Waals surface area contributed by atoms with E-state index >= 15 is 0 Å². The van der Waals surface area contributed by atoms with Crippen molar-refractivity contribution in [2.45, 2.75) is 6.92 Å². The van der Waals surface area contributed by atoms with E-state index in [2.05, 4.69) is 20.2 Å². The zero-order valence-corrected chi connectivity index (χ0v) is 15.5. The van der Waals surface area contributed by atoms with E-state index in [1.165, 1.54) is 4.68 Å². The number of hydrogen-bond acceptors (Lipinski definition) is 6. The summed E-state index contributed by atoms with van der Waals surface area (Å²) in [6, 6.07) is 18.5. The van der Waals surface area contributed by atoms with Crippen molar-refractivity contribution in [1.82, 2.24) is 24.9 Å². The van der Waals surface area contributed by atoms with Crippen LogP contribution in [0.2, 0.25) is 0 Å². The molecule has 0 saturated heterocycles. The Hall–Kier alpha value is -4.13. The fourth-order valence-corrected chi connectivity index (χ4v) is 3.21. The second-order valence-electron chi connectivity index (χ2n) is 6.61. The summed E-state index contributed by atoms with van der Waals surface area (Å²) < 4.78 is 6.87. The molecule has 7 nitrogen and oxygen atoms in total. The predicted molar refractivity (Wildman–Crippen MR) is 109 cm³/mol. The fraction of sp³-hybridized carbons (Fsp3) is 0.0455. The van der Waals surface area contributed by atoms with Gasteiger partial charge < -0.3 is 4.52 Å². The zero-order chi connectivity index (χ0) is 19.8. The van der Waals surface area contributed by atoms with Crippen LogP contribution in [0.15, 0.2) is 82.4 Å². The zero-order valence-electron chi connectivity index (χ0n) is 15.5. The van der Waals surface area contributed by atoms with E-state index in [-0.39, 0.29) is 11.4 Å². The van der Waals surface area contributed by atoms with Gasteiger partial charge in [0.25, 0.3) is 11.4 Å². The molecule has 2 aromatic carbocycles. The van der Waals surface area contributed by atoms with Gasteiger partial charge in [-0.25, -0.2) is 0 Å². The van der Waals surface area contributed by atoms with Crippen molar-refractivity contribution < 1.29 is 4.52 Å². The second kappa shape index (κ2) is 6.79. The highest BCUT2D eigenvalue weighted by Crippen LogP contribution is 2.26. The van der Waals surface area contributed by atoms with Gasteiger partial charge in [0.15, 0.2) is 5.69 Å². The molecule has 29 heavy (non-hydrogen) atoms. The number of benzene rings is 2. The van der Waals surface area contributed by atoms with Gasteiger partial charge in [0, 0.05) is 23.3 Å². The maximum atomic E-state index is 13.1. The lowest BCUT2D eigenvalue weighted by molar-refractivity contribution is 0.430. The van der Waals surface area contributed by atoms with Crippen LogP contribution in [-0.2, 0) is 0 Å². The number of aryl methyl sites for hydroxylation is 1. The average Bonchev–Trinajstić information content (AvgIpc) is 3.25. The molecule has 0 aliphatic heterocycles. The molecule has 0 fully saturated rings. The molecule has 140 valence electrons. The lowest BCUT2D eigenvalue weighted by Gasteiger charge is -2.09. The second-order valence-corrected chi connectivity index (χ2v) is 6.61. The van der Waals surface area contributed by atoms with Crippen molar-refractivity contribution in [2.75, 3.05) is 0 Å². The normalized spacial score (nSPS) is 11.1. The Morgan fingerprint density at radius 1 is 0.966 bits per heavy atom. The molecular weight excluding hydrogens is 366 g/mol. The van der Waals surface area contributed by atoms with Crippen LogP contribution in [0.1, 0.15) is 5.56 Å². The van der Waals surface area contributed by atoms with E-state index < -0.39 is 0 Å². The molecule has 7 heteroatoms. The molecule has 5 rings (SSSR count). The molecule has 0 radical (unpaired) electrons. The summed E-state index contributed by atoms with van der Waals surface area (Å²) in [6.07, 6.45) is 3.34. The Kier molecular flexibility index (Phi) is 3.98. The highest BCUT2D eigenvalue weighted by molar-refractivity contribution is 5.92. The minimum absolute atomic E-state index is 0.207. The van der Waals surface area contributed by atoms with Gasteiger partial charge in [-0.1, -0.05) is 35.5 Å². The van der Waals surface area contributed by atoms with Crippen molar-refractivity contribution in [3.63, 3.8) is 0 Å². The molecule has 0 aliphatic rings. The molecular formula is C22H15N5O2. The van der Waals surface area contributed by atoms with E-state index in [9.17, 15) is 4.79 Å². The lowest BCUT2D eigenvalue weighted by atomic mass is 10.1. The molecule has 0 aliphatic carbocycles. The van der Waals surface area contributed by atoms with Crippen LogP contribution in [0.5, 0.6) is 0 Å². The Labute approximate surface area is 165 Å². The summed E-state index contributed by atoms with van der Waals surface area (Å²) in [6.45, 7) is 1.97. The Balaban J connectivity index is 1.75. The smallest absolute Gasteiger partial charge is 0.279 e. The molecule has 3 heterocycles. The number of fused-ring (bicyclic) bond motifs is 1. The van der Waals surface area contributed by atoms with Crippen LogP contribution < -0.4 is 5.56 Å². The van der Waals surface area contributed by atoms with Crippen LogP contribution in [0.3, 0.4) is 0 Å². The molecule has 5 aromatic rings. The molecule has 3 aromatic heterocycles. The van der Waals surface area contributed by atoms with Gasteiger partial charge in [0.1, 0.15) is 0 Å². The summed E-state index contributed by atoms with van der Waals surface area (Å²) in [5, 5.41) is 9.82. The van der Waals surface area contributed by atoms with E-state index in [1.807, 2.05) is 55.5 Å². The minimum atomic E-state index is -0.207. The molecule has 0 saturated carbocycles. The Morgan fingerprint density at radius 3 is 2.62 bits per heavy atom. The van der Waals surface area contributed by atoms with Gasteiger partial charge in [-0.15, -0.1) is 0 Å². The first-order valence-corrected chi connectivity index (χ1v) is 9.04. The minimum Gasteiger partial charge on any atom is -0.332 e. The third-order valence-electron chi connectivity index (χ3n) is 4.60. The number of hydrogen-bond donors (Lipinski definition) is 0. The highest BCUT2D eigenvalue weighted by atomic mass is 16.5. The van der Waals surface area contributed by atoms with E-state index in [0.717, 1.165) is 11.1 Å². The maximum absolute atomic E-state index is 13.1. The number of pyridine rings is 1. The van der Waals surface area contributed by atoms with Gasteiger partial charge in [-0.2, -0.15) is 14.8 Å². The van der Waals surface area contributed by atoms with Gasteiger partial charge in [0.05, 0.1) is 11.1 Å². The molecule has 0 amide bonds. The summed E-state index contributed by atoms with van der Waals surface area (Å²) >= 11 is 0. The predicted octanol–water partition coefficient (Wildman–Crippen LogP) is 3.81. The fourth-order valence-electron chi connectivity index (χ4n) is 3.21. The van der Waals surface area contributed by atoms with Crippen molar-refractivity contribution in [3.8, 4) is 28.7 Å². The summed E-state index contributed by atoms with van der Waals surface area (Å²) in [4.78, 5) is 21.6. The van der Waals surface area contributed by atoms with Crippen molar-refractivity contribution in [1.29, 1.82) is 0 Å². The van der Waals surface area contributed by atoms with Crippen molar-refractivity contribution in [3.05, 3.63) is 89.0 Å². The topological polar surface area (TPSA) is 86.7 Å². The van der Waals surface area contributed by atoms with Gasteiger partial charge in [0.2, 0.25) is 5.82 Å². The standard InChI is InChI=1S/C22H15N5O2/c1-14-6-4-8-16(12-14)27-22(28)18-10-3-2-9-17(18)19(25-27)21-24-20(26-29-21)15-7-5-11-23-13-15/h2-13H,1H3. The molecule has 0 unspecified atom stereocenters. The highest BCUT2D eigenvalue weighted by Gasteiger charge is 2.19. The monoisotopic (exact) mass is 381 g/mol. The molecule has 0 N–H and O–H groups in total. The summed E-state index contributed by atoms with van der Waals surface area (Å²) in [5.74, 6) is 0.647. The first-order valence-electron chi connectivity index (χ1n) is 9.04. The maximum Gasteiger partial charge on any atom is 0.279 e. The largest absolute Gasteiger partial charge is 0.332 e. The number of nitrogens with zero attached hydrogens (tertiary/aromatic N) is 5. The van der Waals surface area contributed by atoms with E-state index in [1.54, 1.807) is 24.5 Å². The average molecular weight is 381 g/mol. The SMILES string of the molecule is Cc1cccc(-n2nc(-c3nc(-c4cccnc4)no3)c3ccccc3c2=O)c1. The van der Waals surface area contributed by atoms with Gasteiger partial charge in [-0.3, -0.25) is 9.78 Å². The van der Waals surface area contributed by atoms with Gasteiger partial charge in [-0.05, 0) is 42.8 Å². The first kappa shape index (κ1) is 17.0. The van der Waals surface area contributed by atoms with E-state index in [0.29, 0.717) is 28.0 Å². The quantitative estimate of drug-likeness (QED) is 0.472. The Bertz CT molecular complexity index is 1390. The Morgan fingerprint density at radius 2 is 1.83 bits per heavy atom. The number of aromatic nitrogens is 5. The van der Waals surface area contributed by atoms with Crippen molar-refractivity contribution in [2.24, 2.45) is 0 Å². The number of rotatable bonds is 3. The van der Waals surface area contributed by atoms with E-state index in [4.69, 9.17) is 4.52 Å². The van der Waals surface area contributed by atoms with Crippen LogP contribution in [-0.4, -0.2) is 24.9 Å². The molecule has 0 atom stereocenters. The third-order valence-corrected chi connectivity index (χ3v) is 4.60. The van der Waals surface area contributed by atoms with Crippen LogP contribution in [0.4, 0.5) is 0 Å². The van der Waals surface area contributed by atoms with Gasteiger partial charge >= 0.3 is 0 Å². The molecule has 0 bridgehead atoms.